The molecule has 1 saturated carbocycles. The van der Waals surface area contributed by atoms with Crippen LogP contribution in [-0.2, 0) is 28.7 Å². The lowest BCUT2D eigenvalue weighted by molar-refractivity contribution is -0.160. The summed E-state index contributed by atoms with van der Waals surface area (Å²) in [6.07, 6.45) is -7.66. The first-order chi connectivity index (χ1) is 16.3. The fraction of sp³-hybridized carbons (Fsp3) is 0.762. The van der Waals surface area contributed by atoms with Crippen LogP contribution in [0, 0.1) is 11.3 Å². The highest BCUT2D eigenvalue weighted by Crippen LogP contribution is 2.53. The molecule has 1 N–H and O–H groups in total. The summed E-state index contributed by atoms with van der Waals surface area (Å²) in [7, 11) is 0. The molecule has 0 radical (unpaired) electrons. The van der Waals surface area contributed by atoms with Gasteiger partial charge in [0.25, 0.3) is 0 Å². The number of alkyl halides is 6. The molecule has 3 amide bonds. The quantitative estimate of drug-likeness (QED) is 0.635. The lowest BCUT2D eigenvalue weighted by atomic mass is 9.57. The third kappa shape index (κ3) is 4.94. The minimum atomic E-state index is -4.92. The minimum absolute atomic E-state index is 0.00620. The number of carbonyl (C=O) groups excluding carboxylic acids is 2. The molecule has 194 valence electrons. The second-order valence-corrected chi connectivity index (χ2v) is 10.2. The van der Waals surface area contributed by atoms with Crippen LogP contribution in [0.5, 0.6) is 0 Å². The molecule has 8 nitrogen and oxygen atoms in total. The monoisotopic (exact) mass is 509 g/mol. The van der Waals surface area contributed by atoms with Crippen molar-refractivity contribution in [2.75, 3.05) is 32.8 Å². The maximum absolute atomic E-state index is 13.1. The van der Waals surface area contributed by atoms with Gasteiger partial charge in [0.1, 0.15) is 18.8 Å². The summed E-state index contributed by atoms with van der Waals surface area (Å²) in [6.45, 7) is 0.220. The van der Waals surface area contributed by atoms with Crippen molar-refractivity contribution < 1.29 is 40.7 Å². The van der Waals surface area contributed by atoms with E-state index in [-0.39, 0.29) is 58.8 Å². The largest absolute Gasteiger partial charge is 0.433 e. The van der Waals surface area contributed by atoms with Crippen molar-refractivity contribution in [2.24, 2.45) is 11.3 Å². The van der Waals surface area contributed by atoms with Gasteiger partial charge in [-0.3, -0.25) is 9.48 Å². The molecule has 0 bridgehead atoms. The highest BCUT2D eigenvalue weighted by atomic mass is 19.4. The molecule has 4 aliphatic rings. The normalized spacial score (nSPS) is 26.7. The number of hydrogen-bond donors (Lipinski definition) is 1. The second kappa shape index (κ2) is 8.27. The molecule has 1 spiro atoms. The molecule has 3 saturated heterocycles. The zero-order valence-corrected chi connectivity index (χ0v) is 18.7. The van der Waals surface area contributed by atoms with Crippen LogP contribution in [0.3, 0.4) is 0 Å². The maximum Gasteiger partial charge on any atom is 0.433 e. The number of amides is 3. The van der Waals surface area contributed by atoms with Gasteiger partial charge in [-0.1, -0.05) is 0 Å². The first-order valence-electron chi connectivity index (χ1n) is 11.5. The SMILES string of the molecule is O=C1CO[C@H]2CCN(C(=O)N3CC4(CC(Cc5cc(C(F)(F)F)n(CC(F)(F)F)n5)C4)C3)C[C@H]2N1. The van der Waals surface area contributed by atoms with Crippen LogP contribution in [0.2, 0.25) is 0 Å². The van der Waals surface area contributed by atoms with E-state index >= 15 is 0 Å². The van der Waals surface area contributed by atoms with Gasteiger partial charge >= 0.3 is 18.4 Å². The van der Waals surface area contributed by atoms with E-state index in [9.17, 15) is 35.9 Å². The summed E-state index contributed by atoms with van der Waals surface area (Å²) in [5.41, 5.74) is -1.50. The Morgan fingerprint density at radius 2 is 1.89 bits per heavy atom. The molecule has 0 unspecified atom stereocenters. The molecule has 4 fully saturated rings. The highest BCUT2D eigenvalue weighted by molar-refractivity contribution is 5.79. The van der Waals surface area contributed by atoms with E-state index in [1.807, 2.05) is 0 Å². The second-order valence-electron chi connectivity index (χ2n) is 10.2. The summed E-state index contributed by atoms with van der Waals surface area (Å²) in [6, 6.07) is 0.360. The van der Waals surface area contributed by atoms with Crippen LogP contribution in [0.1, 0.15) is 30.7 Å². The molecular formula is C21H25F6N5O3. The molecule has 4 heterocycles. The molecule has 1 aromatic heterocycles. The summed E-state index contributed by atoms with van der Waals surface area (Å²) in [4.78, 5) is 27.9. The van der Waals surface area contributed by atoms with Crippen molar-refractivity contribution in [3.05, 3.63) is 17.5 Å². The van der Waals surface area contributed by atoms with Crippen molar-refractivity contribution in [3.63, 3.8) is 0 Å². The standard InChI is InChI=1S/C21H25F6N5O3/c22-20(23,24)11-32-16(21(25,26)27)4-13(29-32)3-12-5-19(6-12)9-31(10-19)18(34)30-2-1-15-14(7-30)28-17(33)8-35-15/h4,12,14-15H,1-3,5-11H2,(H,28,33)/t14-,15+/m1/s1. The number of hydrogen-bond acceptors (Lipinski definition) is 4. The fourth-order valence-electron chi connectivity index (χ4n) is 5.92. The summed E-state index contributed by atoms with van der Waals surface area (Å²) >= 11 is 0. The van der Waals surface area contributed by atoms with Gasteiger partial charge in [0, 0.05) is 31.6 Å². The number of aromatic nitrogens is 2. The Morgan fingerprint density at radius 1 is 1.17 bits per heavy atom. The molecule has 2 atom stereocenters. The Bertz CT molecular complexity index is 995. The lowest BCUT2D eigenvalue weighted by Gasteiger charge is -2.60. The number of likely N-dealkylation sites (tertiary alicyclic amines) is 2. The lowest BCUT2D eigenvalue weighted by Crippen LogP contribution is -2.68. The summed E-state index contributed by atoms with van der Waals surface area (Å²) in [5.74, 6) is -0.192. The third-order valence-electron chi connectivity index (χ3n) is 7.31. The van der Waals surface area contributed by atoms with Gasteiger partial charge < -0.3 is 19.9 Å². The summed E-state index contributed by atoms with van der Waals surface area (Å²) < 4.78 is 82.9. The molecule has 5 rings (SSSR count). The number of ether oxygens (including phenoxy) is 1. The highest BCUT2D eigenvalue weighted by Gasteiger charge is 2.54. The zero-order chi connectivity index (χ0) is 25.2. The predicted molar refractivity (Wildman–Crippen MR) is 107 cm³/mol. The number of morpholine rings is 1. The Kier molecular flexibility index (Phi) is 5.72. The zero-order valence-electron chi connectivity index (χ0n) is 18.7. The van der Waals surface area contributed by atoms with E-state index < -0.39 is 24.6 Å². The average Bonchev–Trinajstić information content (AvgIpc) is 3.08. The van der Waals surface area contributed by atoms with Crippen molar-refractivity contribution in [3.8, 4) is 0 Å². The number of carbonyl (C=O) groups is 2. The van der Waals surface area contributed by atoms with Crippen LogP contribution in [-0.4, -0.2) is 82.6 Å². The molecular weight excluding hydrogens is 484 g/mol. The molecule has 1 aliphatic carbocycles. The van der Waals surface area contributed by atoms with Gasteiger partial charge in [-0.15, -0.1) is 0 Å². The van der Waals surface area contributed by atoms with Gasteiger partial charge in [-0.2, -0.15) is 31.4 Å². The van der Waals surface area contributed by atoms with Crippen LogP contribution >= 0.6 is 0 Å². The maximum atomic E-state index is 13.1. The van der Waals surface area contributed by atoms with Crippen molar-refractivity contribution in [1.82, 2.24) is 24.9 Å². The minimum Gasteiger partial charge on any atom is -0.366 e. The van der Waals surface area contributed by atoms with Crippen LogP contribution < -0.4 is 5.32 Å². The third-order valence-corrected chi connectivity index (χ3v) is 7.31. The molecule has 1 aromatic rings. The average molecular weight is 509 g/mol. The van der Waals surface area contributed by atoms with Gasteiger partial charge in [-0.25, -0.2) is 4.79 Å². The Labute approximate surface area is 196 Å². The van der Waals surface area contributed by atoms with E-state index in [2.05, 4.69) is 10.4 Å². The number of nitrogens with one attached hydrogen (secondary N) is 1. The Balaban J connectivity index is 1.12. The number of fused-ring (bicyclic) bond motifs is 1. The number of urea groups is 1. The van der Waals surface area contributed by atoms with E-state index in [1.165, 1.54) is 0 Å². The molecule has 14 heteroatoms. The van der Waals surface area contributed by atoms with Gasteiger partial charge in [0.2, 0.25) is 5.91 Å². The van der Waals surface area contributed by atoms with Crippen molar-refractivity contribution in [2.45, 2.75) is 56.7 Å². The number of piperidine rings is 1. The molecule has 3 aliphatic heterocycles. The smallest absolute Gasteiger partial charge is 0.366 e. The van der Waals surface area contributed by atoms with Gasteiger partial charge in [-0.05, 0) is 37.7 Å². The van der Waals surface area contributed by atoms with E-state index in [0.29, 0.717) is 51.5 Å². The van der Waals surface area contributed by atoms with Gasteiger partial charge in [0.05, 0.1) is 17.8 Å². The predicted octanol–water partition coefficient (Wildman–Crippen LogP) is 2.43. The first kappa shape index (κ1) is 24.2. The van der Waals surface area contributed by atoms with E-state index in [0.717, 1.165) is 0 Å². The molecule has 0 aromatic carbocycles. The van der Waals surface area contributed by atoms with E-state index in [4.69, 9.17) is 4.74 Å². The topological polar surface area (TPSA) is 79.7 Å². The number of halogens is 6. The van der Waals surface area contributed by atoms with E-state index in [1.54, 1.807) is 9.80 Å². The Hall–Kier alpha value is -2.51. The first-order valence-corrected chi connectivity index (χ1v) is 11.5. The fourth-order valence-corrected chi connectivity index (χ4v) is 5.92. The van der Waals surface area contributed by atoms with Crippen LogP contribution in [0.25, 0.3) is 0 Å². The van der Waals surface area contributed by atoms with Crippen LogP contribution in [0.4, 0.5) is 31.1 Å². The molecule has 35 heavy (non-hydrogen) atoms. The van der Waals surface area contributed by atoms with Gasteiger partial charge in [0.15, 0.2) is 0 Å². The summed E-state index contributed by atoms with van der Waals surface area (Å²) in [5, 5.41) is 6.44. The number of nitrogens with zero attached hydrogens (tertiary/aromatic N) is 4. The van der Waals surface area contributed by atoms with Crippen molar-refractivity contribution in [1.29, 1.82) is 0 Å². The van der Waals surface area contributed by atoms with Crippen molar-refractivity contribution >= 4 is 11.9 Å². The Morgan fingerprint density at radius 3 is 2.54 bits per heavy atom. The number of rotatable bonds is 3. The van der Waals surface area contributed by atoms with Crippen LogP contribution in [0.15, 0.2) is 6.07 Å².